The van der Waals surface area contributed by atoms with Gasteiger partial charge in [0.15, 0.2) is 0 Å². The van der Waals surface area contributed by atoms with Crippen molar-refractivity contribution in [2.75, 3.05) is 13.7 Å². The summed E-state index contributed by atoms with van der Waals surface area (Å²) in [5.41, 5.74) is 6.93. The lowest BCUT2D eigenvalue weighted by Gasteiger charge is -2.16. The second-order valence-electron chi connectivity index (χ2n) is 4.95. The summed E-state index contributed by atoms with van der Waals surface area (Å²) in [5.74, 6) is 5.88. The number of hydrogen-bond donors (Lipinski definition) is 1. The average Bonchev–Trinajstić information content (AvgIpc) is 2.72. The Hall–Kier alpha value is -2.32. The molecular weight excluding hydrogens is 268 g/mol. The largest absolute Gasteiger partial charge is 0.497 e. The zero-order valence-electron chi connectivity index (χ0n) is 12.2. The summed E-state index contributed by atoms with van der Waals surface area (Å²) >= 11 is 0. The number of hydrogen-bond acceptors (Lipinski definition) is 4. The Morgan fingerprint density at radius 3 is 2.76 bits per heavy atom. The summed E-state index contributed by atoms with van der Waals surface area (Å²) in [6, 6.07) is 5.40. The lowest BCUT2D eigenvalue weighted by molar-refractivity contribution is -0.139. The van der Waals surface area contributed by atoms with Gasteiger partial charge in [0, 0.05) is 17.9 Å². The van der Waals surface area contributed by atoms with Crippen LogP contribution in [-0.4, -0.2) is 30.4 Å². The van der Waals surface area contributed by atoms with Crippen molar-refractivity contribution in [3.05, 3.63) is 29.3 Å². The molecule has 2 amide bonds. The molecule has 1 aliphatic rings. The van der Waals surface area contributed by atoms with E-state index in [1.54, 1.807) is 26.2 Å². The minimum absolute atomic E-state index is 0.138. The molecule has 1 aliphatic heterocycles. The molecule has 21 heavy (non-hydrogen) atoms. The summed E-state index contributed by atoms with van der Waals surface area (Å²) in [7, 11) is 1.57. The van der Waals surface area contributed by atoms with E-state index in [0.29, 0.717) is 5.75 Å². The van der Waals surface area contributed by atoms with Gasteiger partial charge in [-0.2, -0.15) is 0 Å². The lowest BCUT2D eigenvalue weighted by Crippen LogP contribution is -2.30. The normalized spacial score (nSPS) is 17.7. The Labute approximate surface area is 124 Å². The molecular formula is C16H18N2O3. The molecule has 110 valence electrons. The number of benzene rings is 1. The van der Waals surface area contributed by atoms with Crippen molar-refractivity contribution < 1.29 is 14.3 Å². The molecule has 0 aromatic heterocycles. The van der Waals surface area contributed by atoms with Gasteiger partial charge in [0.1, 0.15) is 5.75 Å². The summed E-state index contributed by atoms with van der Waals surface area (Å²) < 4.78 is 5.19. The molecule has 1 aromatic rings. The number of carbonyl (C=O) groups excluding carboxylic acids is 2. The highest BCUT2D eigenvalue weighted by Gasteiger charge is 2.35. The first kappa shape index (κ1) is 15.1. The van der Waals surface area contributed by atoms with E-state index in [1.165, 1.54) is 4.90 Å². The standard InChI is InChI=1S/C16H18N2O3/c1-11-8-15(19)18(16(11)20)10-13-9-14(21-2)6-5-12(13)4-3-7-17/h5-6,9,11H,7-8,10,17H2,1-2H3. The molecule has 0 saturated carbocycles. The molecule has 2 N–H and O–H groups in total. The maximum atomic E-state index is 12.0. The monoisotopic (exact) mass is 286 g/mol. The van der Waals surface area contributed by atoms with E-state index in [0.717, 1.165) is 11.1 Å². The van der Waals surface area contributed by atoms with Crippen LogP contribution < -0.4 is 10.5 Å². The van der Waals surface area contributed by atoms with Crippen molar-refractivity contribution in [2.24, 2.45) is 11.7 Å². The molecule has 0 bridgehead atoms. The summed E-state index contributed by atoms with van der Waals surface area (Å²) in [6.07, 6.45) is 0.270. The van der Waals surface area contributed by atoms with E-state index in [9.17, 15) is 9.59 Å². The molecule has 1 atom stereocenters. The molecule has 1 saturated heterocycles. The summed E-state index contributed by atoms with van der Waals surface area (Å²) in [5, 5.41) is 0. The van der Waals surface area contributed by atoms with Gasteiger partial charge in [-0.25, -0.2) is 0 Å². The lowest BCUT2D eigenvalue weighted by atomic mass is 10.1. The third-order valence-corrected chi connectivity index (χ3v) is 3.44. The first-order valence-electron chi connectivity index (χ1n) is 6.77. The summed E-state index contributed by atoms with van der Waals surface area (Å²) in [6.45, 7) is 2.23. The number of ether oxygens (including phenoxy) is 1. The topological polar surface area (TPSA) is 72.6 Å². The van der Waals surface area contributed by atoms with E-state index in [-0.39, 0.29) is 37.2 Å². The van der Waals surface area contributed by atoms with Crippen molar-refractivity contribution in [1.29, 1.82) is 0 Å². The van der Waals surface area contributed by atoms with Gasteiger partial charge in [-0.1, -0.05) is 18.8 Å². The molecule has 2 rings (SSSR count). The molecule has 0 radical (unpaired) electrons. The fraction of sp³-hybridized carbons (Fsp3) is 0.375. The third-order valence-electron chi connectivity index (χ3n) is 3.44. The highest BCUT2D eigenvalue weighted by atomic mass is 16.5. The van der Waals surface area contributed by atoms with E-state index in [4.69, 9.17) is 10.5 Å². The van der Waals surface area contributed by atoms with Gasteiger partial charge in [-0.15, -0.1) is 0 Å². The van der Waals surface area contributed by atoms with Gasteiger partial charge >= 0.3 is 0 Å². The van der Waals surface area contributed by atoms with Crippen molar-refractivity contribution in [1.82, 2.24) is 4.90 Å². The van der Waals surface area contributed by atoms with Crippen molar-refractivity contribution in [2.45, 2.75) is 19.9 Å². The zero-order valence-corrected chi connectivity index (χ0v) is 12.2. The first-order chi connectivity index (χ1) is 10.1. The maximum absolute atomic E-state index is 12.0. The highest BCUT2D eigenvalue weighted by molar-refractivity contribution is 6.03. The SMILES string of the molecule is COc1ccc(C#CCN)c(CN2C(=O)CC(C)C2=O)c1. The molecule has 5 heteroatoms. The van der Waals surface area contributed by atoms with Crippen molar-refractivity contribution in [3.63, 3.8) is 0 Å². The number of imide groups is 1. The Morgan fingerprint density at radius 2 is 2.19 bits per heavy atom. The van der Waals surface area contributed by atoms with Gasteiger partial charge in [0.25, 0.3) is 0 Å². The molecule has 1 heterocycles. The fourth-order valence-corrected chi connectivity index (χ4v) is 2.28. The third kappa shape index (κ3) is 3.23. The average molecular weight is 286 g/mol. The van der Waals surface area contributed by atoms with Crippen LogP contribution >= 0.6 is 0 Å². The van der Waals surface area contributed by atoms with Crippen molar-refractivity contribution >= 4 is 11.8 Å². The van der Waals surface area contributed by atoms with Gasteiger partial charge in [0.05, 0.1) is 20.2 Å². The Morgan fingerprint density at radius 1 is 1.43 bits per heavy atom. The maximum Gasteiger partial charge on any atom is 0.232 e. The minimum Gasteiger partial charge on any atom is -0.497 e. The predicted octanol–water partition coefficient (Wildman–Crippen LogP) is 0.900. The van der Waals surface area contributed by atoms with Gasteiger partial charge < -0.3 is 10.5 Å². The number of amides is 2. The Bertz CT molecular complexity index is 628. The van der Waals surface area contributed by atoms with E-state index in [1.807, 2.05) is 6.07 Å². The highest BCUT2D eigenvalue weighted by Crippen LogP contribution is 2.24. The second kappa shape index (κ2) is 6.42. The smallest absolute Gasteiger partial charge is 0.232 e. The molecule has 1 aromatic carbocycles. The van der Waals surface area contributed by atoms with Gasteiger partial charge in [-0.05, 0) is 23.8 Å². The molecule has 5 nitrogen and oxygen atoms in total. The number of nitrogens with zero attached hydrogens (tertiary/aromatic N) is 1. The Kier molecular flexibility index (Phi) is 4.61. The second-order valence-corrected chi connectivity index (χ2v) is 4.95. The van der Waals surface area contributed by atoms with Crippen LogP contribution in [-0.2, 0) is 16.1 Å². The fourth-order valence-electron chi connectivity index (χ4n) is 2.28. The number of methoxy groups -OCH3 is 1. The minimum atomic E-state index is -0.248. The van der Waals surface area contributed by atoms with E-state index < -0.39 is 0 Å². The number of likely N-dealkylation sites (tertiary alicyclic amines) is 1. The summed E-state index contributed by atoms with van der Waals surface area (Å²) in [4.78, 5) is 25.2. The van der Waals surface area contributed by atoms with Gasteiger partial charge in [-0.3, -0.25) is 14.5 Å². The van der Waals surface area contributed by atoms with Crippen LogP contribution in [0.4, 0.5) is 0 Å². The van der Waals surface area contributed by atoms with Gasteiger partial charge in [0.2, 0.25) is 11.8 Å². The number of nitrogens with two attached hydrogens (primary N) is 1. The van der Waals surface area contributed by atoms with Crippen LogP contribution in [0.15, 0.2) is 18.2 Å². The van der Waals surface area contributed by atoms with Crippen LogP contribution in [0.5, 0.6) is 5.75 Å². The number of carbonyl (C=O) groups is 2. The molecule has 1 unspecified atom stereocenters. The predicted molar refractivity (Wildman–Crippen MR) is 78.3 cm³/mol. The van der Waals surface area contributed by atoms with Crippen LogP contribution in [0.1, 0.15) is 24.5 Å². The first-order valence-corrected chi connectivity index (χ1v) is 6.77. The zero-order chi connectivity index (χ0) is 15.4. The molecule has 0 spiro atoms. The van der Waals surface area contributed by atoms with E-state index in [2.05, 4.69) is 11.8 Å². The van der Waals surface area contributed by atoms with Crippen LogP contribution in [0, 0.1) is 17.8 Å². The molecule has 0 aliphatic carbocycles. The molecule has 1 fully saturated rings. The van der Waals surface area contributed by atoms with Crippen LogP contribution in [0.3, 0.4) is 0 Å². The van der Waals surface area contributed by atoms with Crippen LogP contribution in [0.2, 0.25) is 0 Å². The van der Waals surface area contributed by atoms with Crippen LogP contribution in [0.25, 0.3) is 0 Å². The number of rotatable bonds is 3. The quantitative estimate of drug-likeness (QED) is 0.662. The van der Waals surface area contributed by atoms with Crippen molar-refractivity contribution in [3.8, 4) is 17.6 Å². The Balaban J connectivity index is 2.33. The van der Waals surface area contributed by atoms with E-state index >= 15 is 0 Å².